The van der Waals surface area contributed by atoms with E-state index in [1.54, 1.807) is 6.07 Å². The maximum Gasteiger partial charge on any atom is 0.306 e. The van der Waals surface area contributed by atoms with Crippen molar-refractivity contribution >= 4 is 39.0 Å². The summed E-state index contributed by atoms with van der Waals surface area (Å²) in [5.74, 6) is -0.182. The van der Waals surface area contributed by atoms with E-state index < -0.39 is 22.7 Å². The molecule has 8 nitrogen and oxygen atoms in total. The molecule has 0 amide bonds. The maximum absolute atomic E-state index is 10.9. The first-order chi connectivity index (χ1) is 15.2. The highest BCUT2D eigenvalue weighted by Crippen LogP contribution is 2.51. The number of hydrogen-bond donors (Lipinski definition) is 5. The van der Waals surface area contributed by atoms with Crippen LogP contribution in [-0.4, -0.2) is 55.2 Å². The fourth-order valence-corrected chi connectivity index (χ4v) is 5.46. The number of aliphatic hydroxyl groups is 1. The molecule has 9 heteroatoms. The van der Waals surface area contributed by atoms with Crippen molar-refractivity contribution in [3.63, 3.8) is 0 Å². The molecule has 0 spiro atoms. The molecular formula is C23H27N3O5S. The van der Waals surface area contributed by atoms with Gasteiger partial charge in [-0.2, -0.15) is 10.6 Å². The van der Waals surface area contributed by atoms with Gasteiger partial charge in [-0.1, -0.05) is 29.8 Å². The minimum absolute atomic E-state index is 0.0855. The lowest BCUT2D eigenvalue weighted by atomic mass is 10.1. The van der Waals surface area contributed by atoms with Crippen LogP contribution in [0, 0.1) is 6.92 Å². The lowest BCUT2D eigenvalue weighted by Gasteiger charge is -2.32. The number of pyridine rings is 1. The Morgan fingerprint density at radius 3 is 2.78 bits per heavy atom. The topological polar surface area (TPSA) is 126 Å². The monoisotopic (exact) mass is 457 g/mol. The van der Waals surface area contributed by atoms with E-state index in [0.717, 1.165) is 27.7 Å². The van der Waals surface area contributed by atoms with Crippen LogP contribution in [0.2, 0.25) is 0 Å². The third-order valence-electron chi connectivity index (χ3n) is 5.54. The number of carbonyl (C=O) groups is 1. The van der Waals surface area contributed by atoms with Gasteiger partial charge < -0.3 is 20.4 Å². The summed E-state index contributed by atoms with van der Waals surface area (Å²) in [4.78, 5) is 18.3. The van der Waals surface area contributed by atoms with Crippen LogP contribution in [-0.2, 0) is 11.3 Å². The Balaban J connectivity index is 1.70. The summed E-state index contributed by atoms with van der Waals surface area (Å²) in [6.07, 6.45) is -1.37. The molecule has 170 valence electrons. The molecule has 1 atom stereocenters. The number of nitrogens with zero attached hydrogens (tertiary/aromatic N) is 2. The Kier molecular flexibility index (Phi) is 6.25. The summed E-state index contributed by atoms with van der Waals surface area (Å²) in [6, 6.07) is 15.1. The zero-order valence-corrected chi connectivity index (χ0v) is 18.5. The summed E-state index contributed by atoms with van der Waals surface area (Å²) in [7, 11) is -2.88. The highest BCUT2D eigenvalue weighted by Gasteiger charge is 2.26. The van der Waals surface area contributed by atoms with Crippen molar-refractivity contribution in [1.29, 1.82) is 0 Å². The van der Waals surface area contributed by atoms with E-state index in [4.69, 9.17) is 10.1 Å². The number of anilines is 2. The predicted octanol–water partition coefficient (Wildman–Crippen LogP) is 3.92. The van der Waals surface area contributed by atoms with Gasteiger partial charge in [0.25, 0.3) is 0 Å². The van der Waals surface area contributed by atoms with Crippen molar-refractivity contribution in [3.8, 4) is 0 Å². The van der Waals surface area contributed by atoms with Crippen LogP contribution in [0.4, 0.5) is 11.5 Å². The summed E-state index contributed by atoms with van der Waals surface area (Å²) < 4.78 is 21.3. The third kappa shape index (κ3) is 4.81. The molecule has 0 radical (unpaired) electrons. The first kappa shape index (κ1) is 22.3. The van der Waals surface area contributed by atoms with Gasteiger partial charge in [-0.25, -0.2) is 4.98 Å². The van der Waals surface area contributed by atoms with E-state index >= 15 is 0 Å². The van der Waals surface area contributed by atoms with Gasteiger partial charge in [-0.15, -0.1) is 0 Å². The summed E-state index contributed by atoms with van der Waals surface area (Å²) in [5, 5.41) is 23.0. The molecule has 0 aliphatic carbocycles. The van der Waals surface area contributed by atoms with Gasteiger partial charge in [0, 0.05) is 36.8 Å². The van der Waals surface area contributed by atoms with Crippen LogP contribution >= 0.6 is 10.6 Å². The van der Waals surface area contributed by atoms with Crippen molar-refractivity contribution in [2.24, 2.45) is 0 Å². The molecule has 3 aromatic rings. The van der Waals surface area contributed by atoms with E-state index in [1.807, 2.05) is 54.3 Å². The number of fused-ring (bicyclic) bond motifs is 2. The predicted molar refractivity (Wildman–Crippen MR) is 127 cm³/mol. The minimum Gasteiger partial charge on any atom is -0.481 e. The van der Waals surface area contributed by atoms with E-state index in [2.05, 4.69) is 5.32 Å². The van der Waals surface area contributed by atoms with Crippen molar-refractivity contribution in [2.75, 3.05) is 29.1 Å². The van der Waals surface area contributed by atoms with Gasteiger partial charge in [0.05, 0.1) is 28.7 Å². The number of aromatic nitrogens is 1. The smallest absolute Gasteiger partial charge is 0.306 e. The van der Waals surface area contributed by atoms with Crippen molar-refractivity contribution in [1.82, 2.24) is 4.98 Å². The standard InChI is InChI=1S/C23H27N3O5S/c1-15-6-7-19-18(10-15)20(24-13-17(27)11-23(28)29)12-22(25-19)26-8-9-32(30,31)21-5-3-2-4-16(21)14-26/h2-7,10,12,17,27,30-31H,8-9,11,13-14H2,1H3,(H,24,25)(H,28,29). The van der Waals surface area contributed by atoms with E-state index in [1.165, 1.54) is 0 Å². The second-order valence-electron chi connectivity index (χ2n) is 8.08. The highest BCUT2D eigenvalue weighted by molar-refractivity contribution is 8.24. The molecule has 4 rings (SSSR count). The van der Waals surface area contributed by atoms with Gasteiger partial charge in [0.2, 0.25) is 0 Å². The van der Waals surface area contributed by atoms with Crippen molar-refractivity contribution in [2.45, 2.75) is 30.9 Å². The molecule has 5 N–H and O–H groups in total. The molecule has 1 aliphatic heterocycles. The Morgan fingerprint density at radius 2 is 2.00 bits per heavy atom. The minimum atomic E-state index is -2.88. The molecule has 1 aliphatic rings. The van der Waals surface area contributed by atoms with Crippen molar-refractivity contribution < 1.29 is 24.1 Å². The van der Waals surface area contributed by atoms with E-state index in [-0.39, 0.29) is 18.7 Å². The second-order valence-corrected chi connectivity index (χ2v) is 10.3. The van der Waals surface area contributed by atoms with Crippen LogP contribution in [0.5, 0.6) is 0 Å². The van der Waals surface area contributed by atoms with Gasteiger partial charge in [-0.05, 0) is 30.7 Å². The first-order valence-corrected chi connectivity index (χ1v) is 12.1. The molecule has 2 heterocycles. The van der Waals surface area contributed by atoms with Crippen LogP contribution in [0.1, 0.15) is 17.5 Å². The average molecular weight is 458 g/mol. The molecule has 1 unspecified atom stereocenters. The molecule has 0 fully saturated rings. The Hall–Kier alpha value is -2.85. The fourth-order valence-electron chi connectivity index (χ4n) is 3.92. The molecule has 0 saturated heterocycles. The highest BCUT2D eigenvalue weighted by atomic mass is 32.3. The molecule has 0 saturated carbocycles. The summed E-state index contributed by atoms with van der Waals surface area (Å²) in [5.41, 5.74) is 3.40. The molecule has 32 heavy (non-hydrogen) atoms. The van der Waals surface area contributed by atoms with E-state index in [9.17, 15) is 19.0 Å². The van der Waals surface area contributed by atoms with Gasteiger partial charge in [-0.3, -0.25) is 13.9 Å². The Labute approximate surface area is 187 Å². The SMILES string of the molecule is Cc1ccc2nc(N3CCS(O)(O)c4ccccc4C3)cc(NCC(O)CC(=O)O)c2c1. The zero-order chi connectivity index (χ0) is 22.9. The van der Waals surface area contributed by atoms with Gasteiger partial charge in [0.15, 0.2) is 0 Å². The number of aliphatic carboxylic acids is 1. The first-order valence-electron chi connectivity index (χ1n) is 10.4. The molecule has 2 aromatic carbocycles. The summed E-state index contributed by atoms with van der Waals surface area (Å²) in [6.45, 7) is 2.97. The number of rotatable bonds is 6. The van der Waals surface area contributed by atoms with E-state index in [0.29, 0.717) is 23.8 Å². The molecular weight excluding hydrogens is 430 g/mol. The number of aliphatic hydroxyl groups excluding tert-OH is 1. The second kappa shape index (κ2) is 8.95. The Morgan fingerprint density at radius 1 is 1.22 bits per heavy atom. The molecule has 0 bridgehead atoms. The lowest BCUT2D eigenvalue weighted by Crippen LogP contribution is -2.26. The number of nitrogens with one attached hydrogen (secondary N) is 1. The van der Waals surface area contributed by atoms with Crippen LogP contribution < -0.4 is 10.2 Å². The third-order valence-corrected chi connectivity index (χ3v) is 7.40. The summed E-state index contributed by atoms with van der Waals surface area (Å²) >= 11 is 0. The quantitative estimate of drug-likeness (QED) is 0.377. The number of carboxylic acid groups (broad SMARTS) is 1. The lowest BCUT2D eigenvalue weighted by molar-refractivity contribution is -0.138. The molecule has 1 aromatic heterocycles. The van der Waals surface area contributed by atoms with Crippen molar-refractivity contribution in [3.05, 3.63) is 59.7 Å². The average Bonchev–Trinajstić information content (AvgIpc) is 2.87. The normalized spacial score (nSPS) is 17.3. The zero-order valence-electron chi connectivity index (χ0n) is 17.7. The Bertz CT molecular complexity index is 1150. The number of carboxylic acids is 1. The van der Waals surface area contributed by atoms with Crippen LogP contribution in [0.15, 0.2) is 53.4 Å². The number of aryl methyl sites for hydroxylation is 1. The largest absolute Gasteiger partial charge is 0.481 e. The van der Waals surface area contributed by atoms with Crippen LogP contribution in [0.25, 0.3) is 10.9 Å². The van der Waals surface area contributed by atoms with Crippen LogP contribution in [0.3, 0.4) is 0 Å². The number of benzene rings is 2. The maximum atomic E-state index is 10.9. The fraction of sp³-hybridized carbons (Fsp3) is 0.304. The van der Waals surface area contributed by atoms with Gasteiger partial charge in [0.1, 0.15) is 5.82 Å². The van der Waals surface area contributed by atoms with Gasteiger partial charge >= 0.3 is 5.97 Å². The number of hydrogen-bond acceptors (Lipinski definition) is 7.